The van der Waals surface area contributed by atoms with Crippen molar-refractivity contribution in [3.05, 3.63) is 70.8 Å². The van der Waals surface area contributed by atoms with Crippen molar-refractivity contribution < 1.29 is 23.3 Å². The van der Waals surface area contributed by atoms with Crippen LogP contribution < -0.4 is 10.2 Å². The van der Waals surface area contributed by atoms with E-state index in [-0.39, 0.29) is 29.2 Å². The average molecular weight is 421 g/mol. The highest BCUT2D eigenvalue weighted by Gasteiger charge is 2.24. The first-order valence-electron chi connectivity index (χ1n) is 9.22. The number of carbonyl (C=O) groups is 2. The van der Waals surface area contributed by atoms with E-state index in [2.05, 4.69) is 5.32 Å². The normalized spacial score (nSPS) is 14.9. The molecule has 1 saturated heterocycles. The first-order valence-corrected chi connectivity index (χ1v) is 9.59. The molecule has 0 atom stereocenters. The maximum absolute atomic E-state index is 13.2. The second kappa shape index (κ2) is 9.62. The fraction of sp³-hybridized carbons (Fsp3) is 0.238. The number of benzene rings is 2. The number of piperazine rings is 1. The zero-order valence-electron chi connectivity index (χ0n) is 15.6. The molecular weight excluding hydrogens is 400 g/mol. The van der Waals surface area contributed by atoms with Gasteiger partial charge in [0.25, 0.3) is 5.91 Å². The number of nitrogens with zero attached hydrogens (tertiary/aromatic N) is 1. The Balaban J connectivity index is 1.45. The number of rotatable bonds is 5. The van der Waals surface area contributed by atoms with Gasteiger partial charge in [0.2, 0.25) is 5.91 Å². The van der Waals surface area contributed by atoms with Gasteiger partial charge in [-0.05, 0) is 48.0 Å². The van der Waals surface area contributed by atoms with Crippen LogP contribution in [-0.2, 0) is 9.59 Å². The molecule has 2 aromatic carbocycles. The van der Waals surface area contributed by atoms with E-state index in [4.69, 9.17) is 11.6 Å². The molecule has 0 bridgehead atoms. The summed E-state index contributed by atoms with van der Waals surface area (Å²) < 4.78 is 26.1. The summed E-state index contributed by atoms with van der Waals surface area (Å²) in [4.78, 5) is 27.3. The van der Waals surface area contributed by atoms with E-state index in [0.717, 1.165) is 4.90 Å². The number of anilines is 1. The Bertz CT molecular complexity index is 911. The van der Waals surface area contributed by atoms with Crippen molar-refractivity contribution in [2.75, 3.05) is 38.0 Å². The fourth-order valence-electron chi connectivity index (χ4n) is 3.07. The molecule has 152 valence electrons. The van der Waals surface area contributed by atoms with Gasteiger partial charge in [-0.25, -0.2) is 8.78 Å². The van der Waals surface area contributed by atoms with Crippen LogP contribution in [0.2, 0.25) is 5.02 Å². The molecule has 0 spiro atoms. The van der Waals surface area contributed by atoms with Crippen LogP contribution in [0.1, 0.15) is 5.56 Å². The number of amides is 2. The Labute approximate surface area is 172 Å². The monoisotopic (exact) mass is 420 g/mol. The Morgan fingerprint density at radius 2 is 1.79 bits per heavy atom. The first kappa shape index (κ1) is 21.0. The molecule has 1 aliphatic heterocycles. The minimum Gasteiger partial charge on any atom is -0.328 e. The van der Waals surface area contributed by atoms with Crippen LogP contribution in [0.3, 0.4) is 0 Å². The highest BCUT2D eigenvalue weighted by Crippen LogP contribution is 2.17. The highest BCUT2D eigenvalue weighted by atomic mass is 35.5. The minimum absolute atomic E-state index is 0.00993. The van der Waals surface area contributed by atoms with Gasteiger partial charge in [0.05, 0.1) is 31.2 Å². The Morgan fingerprint density at radius 1 is 1.10 bits per heavy atom. The van der Waals surface area contributed by atoms with Gasteiger partial charge in [0, 0.05) is 11.8 Å². The number of nitrogens with one attached hydrogen (secondary N) is 2. The fourth-order valence-corrected chi connectivity index (χ4v) is 3.26. The molecule has 0 aromatic heterocycles. The third-order valence-electron chi connectivity index (χ3n) is 4.68. The van der Waals surface area contributed by atoms with Crippen molar-refractivity contribution in [1.29, 1.82) is 0 Å². The van der Waals surface area contributed by atoms with E-state index >= 15 is 0 Å². The Kier molecular flexibility index (Phi) is 6.95. The van der Waals surface area contributed by atoms with Gasteiger partial charge in [0.15, 0.2) is 6.54 Å². The number of quaternary nitrogens is 1. The molecule has 3 rings (SSSR count). The van der Waals surface area contributed by atoms with Crippen molar-refractivity contribution >= 4 is 35.2 Å². The summed E-state index contributed by atoms with van der Waals surface area (Å²) in [6.07, 6.45) is 3.04. The molecule has 5 nitrogen and oxygen atoms in total. The molecule has 0 aliphatic carbocycles. The van der Waals surface area contributed by atoms with Crippen LogP contribution in [0.15, 0.2) is 48.5 Å². The average Bonchev–Trinajstić information content (AvgIpc) is 2.71. The largest absolute Gasteiger partial charge is 0.328 e. The van der Waals surface area contributed by atoms with Crippen molar-refractivity contribution in [3.63, 3.8) is 0 Å². The van der Waals surface area contributed by atoms with E-state index in [1.807, 2.05) is 0 Å². The number of carbonyl (C=O) groups excluding carboxylic acids is 2. The summed E-state index contributed by atoms with van der Waals surface area (Å²) in [5, 5.41) is 2.75. The molecule has 1 heterocycles. The molecule has 1 fully saturated rings. The second-order valence-corrected chi connectivity index (χ2v) is 7.22. The van der Waals surface area contributed by atoms with Crippen LogP contribution in [0, 0.1) is 11.6 Å². The third-order valence-corrected chi connectivity index (χ3v) is 4.97. The molecule has 0 radical (unpaired) electrons. The van der Waals surface area contributed by atoms with Crippen LogP contribution in [-0.4, -0.2) is 49.4 Å². The minimum atomic E-state index is -0.502. The lowest BCUT2D eigenvalue weighted by molar-refractivity contribution is -0.895. The maximum Gasteiger partial charge on any atom is 0.279 e. The number of hydrogen-bond acceptors (Lipinski definition) is 2. The Hall–Kier alpha value is -2.77. The summed E-state index contributed by atoms with van der Waals surface area (Å²) in [7, 11) is 0. The van der Waals surface area contributed by atoms with E-state index in [0.29, 0.717) is 37.4 Å². The zero-order chi connectivity index (χ0) is 20.8. The van der Waals surface area contributed by atoms with Gasteiger partial charge < -0.3 is 15.1 Å². The predicted octanol–water partition coefficient (Wildman–Crippen LogP) is 2.00. The molecule has 2 N–H and O–H groups in total. The van der Waals surface area contributed by atoms with Gasteiger partial charge in [-0.3, -0.25) is 9.59 Å². The lowest BCUT2D eigenvalue weighted by Crippen LogP contribution is -3.15. The van der Waals surface area contributed by atoms with Gasteiger partial charge in [-0.2, -0.15) is 0 Å². The predicted molar refractivity (Wildman–Crippen MR) is 108 cm³/mol. The van der Waals surface area contributed by atoms with Crippen molar-refractivity contribution in [1.82, 2.24) is 4.90 Å². The smallest absolute Gasteiger partial charge is 0.279 e. The van der Waals surface area contributed by atoms with Crippen molar-refractivity contribution in [2.45, 2.75) is 0 Å². The summed E-state index contributed by atoms with van der Waals surface area (Å²) in [5.74, 6) is -1.15. The van der Waals surface area contributed by atoms with Crippen LogP contribution in [0.25, 0.3) is 6.08 Å². The molecule has 2 aromatic rings. The van der Waals surface area contributed by atoms with E-state index in [1.54, 1.807) is 17.0 Å². The summed E-state index contributed by atoms with van der Waals surface area (Å²) in [6, 6.07) is 9.88. The zero-order valence-corrected chi connectivity index (χ0v) is 16.4. The van der Waals surface area contributed by atoms with Crippen LogP contribution >= 0.6 is 11.6 Å². The lowest BCUT2D eigenvalue weighted by Gasteiger charge is -2.31. The molecule has 2 amide bonds. The highest BCUT2D eigenvalue weighted by molar-refractivity contribution is 6.30. The standard InChI is InChI=1S/C21H20ClF2N3O2/c22-18-13-15(1-7-19(18)24)2-8-21(29)27-11-9-26(10-12-27)14-20(28)25-17-5-3-16(23)4-6-17/h1-8,13H,9-12,14H2,(H,25,28)/p+1/b8-2+. The van der Waals surface area contributed by atoms with Gasteiger partial charge in [-0.15, -0.1) is 0 Å². The van der Waals surface area contributed by atoms with E-state index in [9.17, 15) is 18.4 Å². The SMILES string of the molecule is O=C(C[NH+]1CCN(C(=O)/C=C/c2ccc(F)c(Cl)c2)CC1)Nc1ccc(F)cc1. The summed E-state index contributed by atoms with van der Waals surface area (Å²) in [5.41, 5.74) is 1.20. The van der Waals surface area contributed by atoms with Gasteiger partial charge in [-0.1, -0.05) is 17.7 Å². The quantitative estimate of drug-likeness (QED) is 0.727. The number of halogens is 3. The second-order valence-electron chi connectivity index (χ2n) is 6.81. The third kappa shape index (κ3) is 6.10. The molecule has 0 unspecified atom stereocenters. The number of hydrogen-bond donors (Lipinski definition) is 2. The molecule has 8 heteroatoms. The van der Waals surface area contributed by atoms with Gasteiger partial charge >= 0.3 is 0 Å². The van der Waals surface area contributed by atoms with Crippen molar-refractivity contribution in [2.24, 2.45) is 0 Å². The van der Waals surface area contributed by atoms with E-state index < -0.39 is 5.82 Å². The topological polar surface area (TPSA) is 53.9 Å². The van der Waals surface area contributed by atoms with Gasteiger partial charge in [0.1, 0.15) is 11.6 Å². The van der Waals surface area contributed by atoms with Crippen LogP contribution in [0.4, 0.5) is 14.5 Å². The lowest BCUT2D eigenvalue weighted by atomic mass is 10.2. The first-order chi connectivity index (χ1) is 13.9. The summed E-state index contributed by atoms with van der Waals surface area (Å²) >= 11 is 5.74. The Morgan fingerprint density at radius 3 is 2.45 bits per heavy atom. The van der Waals surface area contributed by atoms with Crippen LogP contribution in [0.5, 0.6) is 0 Å². The summed E-state index contributed by atoms with van der Waals surface area (Å²) in [6.45, 7) is 2.65. The molecule has 1 aliphatic rings. The van der Waals surface area contributed by atoms with E-state index in [1.165, 1.54) is 42.5 Å². The molecule has 29 heavy (non-hydrogen) atoms. The molecule has 0 saturated carbocycles. The maximum atomic E-state index is 13.2. The molecular formula is C21H21ClF2N3O2+. The van der Waals surface area contributed by atoms with Crippen molar-refractivity contribution in [3.8, 4) is 0 Å².